The molecule has 0 radical (unpaired) electrons. The maximum atomic E-state index is 14.0. The lowest BCUT2D eigenvalue weighted by Crippen LogP contribution is -2.39. The summed E-state index contributed by atoms with van der Waals surface area (Å²) in [6.45, 7) is 1.62. The molecule has 0 saturated carbocycles. The van der Waals surface area contributed by atoms with Crippen LogP contribution in [-0.2, 0) is 4.79 Å². The van der Waals surface area contributed by atoms with Crippen molar-refractivity contribution in [2.24, 2.45) is 0 Å². The molecule has 0 N–H and O–H groups in total. The third kappa shape index (κ3) is 3.15. The summed E-state index contributed by atoms with van der Waals surface area (Å²) in [5.41, 5.74) is 0.575. The molecule has 1 atom stereocenters. The second kappa shape index (κ2) is 6.90. The summed E-state index contributed by atoms with van der Waals surface area (Å²) in [4.78, 5) is 11.0. The molecule has 1 unspecified atom stereocenters. The Kier molecular flexibility index (Phi) is 4.83. The normalized spacial score (nSPS) is 12.3. The zero-order valence-corrected chi connectivity index (χ0v) is 14.4. The number of carboxylic acids is 1. The van der Waals surface area contributed by atoms with E-state index in [1.807, 2.05) is 0 Å². The Bertz CT molecular complexity index is 957. The largest absolute Gasteiger partial charge is 0.546 e. The average molecular weight is 383 g/mol. The lowest BCUT2D eigenvalue weighted by atomic mass is 10.1. The maximum absolute atomic E-state index is 14.0. The number of benzene rings is 2. The molecule has 0 aliphatic heterocycles. The minimum Gasteiger partial charge on any atom is -0.546 e. The number of carbonyl (C=O) groups is 1. The average Bonchev–Trinajstić information content (AvgIpc) is 2.98. The summed E-state index contributed by atoms with van der Waals surface area (Å²) >= 11 is 12.4. The Morgan fingerprint density at radius 1 is 1.40 bits per heavy atom. The van der Waals surface area contributed by atoms with Gasteiger partial charge < -0.3 is 19.2 Å². The van der Waals surface area contributed by atoms with Crippen molar-refractivity contribution in [3.63, 3.8) is 0 Å². The Morgan fingerprint density at radius 3 is 2.76 bits per heavy atom. The Morgan fingerprint density at radius 2 is 2.12 bits per heavy atom. The van der Waals surface area contributed by atoms with Gasteiger partial charge in [-0.15, -0.1) is 0 Å². The molecule has 130 valence electrons. The molecule has 0 fully saturated rings. The summed E-state index contributed by atoms with van der Waals surface area (Å²) in [6, 6.07) is 7.49. The Hall–Kier alpha value is -2.31. The first kappa shape index (κ1) is 17.5. The highest BCUT2D eigenvalue weighted by Crippen LogP contribution is 2.43. The van der Waals surface area contributed by atoms with Crippen molar-refractivity contribution in [1.82, 2.24) is 5.16 Å². The highest BCUT2D eigenvalue weighted by atomic mass is 35.5. The van der Waals surface area contributed by atoms with Gasteiger partial charge in [-0.2, -0.15) is 0 Å². The van der Waals surface area contributed by atoms with Crippen molar-refractivity contribution in [2.75, 3.05) is 0 Å². The second-order valence-corrected chi connectivity index (χ2v) is 6.01. The predicted molar refractivity (Wildman–Crippen MR) is 89.1 cm³/mol. The van der Waals surface area contributed by atoms with E-state index in [4.69, 9.17) is 32.5 Å². The van der Waals surface area contributed by atoms with Crippen LogP contribution in [0.2, 0.25) is 10.0 Å². The third-order valence-electron chi connectivity index (χ3n) is 3.64. The fourth-order valence-corrected chi connectivity index (χ4v) is 2.96. The fraction of sp³-hybridized carbons (Fsp3) is 0.176. The Balaban J connectivity index is 2.14. The molecular weight excluding hydrogens is 372 g/mol. The van der Waals surface area contributed by atoms with Crippen LogP contribution in [0.25, 0.3) is 22.2 Å². The van der Waals surface area contributed by atoms with E-state index in [1.165, 1.54) is 12.1 Å². The molecule has 0 spiro atoms. The van der Waals surface area contributed by atoms with Crippen LogP contribution in [0.5, 0.6) is 5.75 Å². The number of nitrogens with zero attached hydrogens (tertiary/aromatic N) is 1. The van der Waals surface area contributed by atoms with E-state index < -0.39 is 17.9 Å². The first-order valence-electron chi connectivity index (χ1n) is 7.33. The lowest BCUT2D eigenvalue weighted by molar-refractivity contribution is -0.313. The van der Waals surface area contributed by atoms with Gasteiger partial charge in [-0.1, -0.05) is 47.4 Å². The van der Waals surface area contributed by atoms with Crippen molar-refractivity contribution in [3.8, 4) is 17.0 Å². The van der Waals surface area contributed by atoms with E-state index in [1.54, 1.807) is 25.1 Å². The van der Waals surface area contributed by atoms with Crippen LogP contribution in [-0.4, -0.2) is 17.2 Å². The number of ether oxygens (including phenoxy) is 1. The van der Waals surface area contributed by atoms with Gasteiger partial charge in [-0.25, -0.2) is 4.39 Å². The summed E-state index contributed by atoms with van der Waals surface area (Å²) in [6.07, 6.45) is -1.06. The molecule has 0 aliphatic rings. The standard InChI is InChI=1S/C17H12Cl2FNO4/c1-2-12(17(22)23)24-16-10(18)7-9-14(21-25-15(9)13(16)19)8-5-3-4-6-11(8)20/h3-7,12H,2H2,1H3,(H,22,23)/p-1. The third-order valence-corrected chi connectivity index (χ3v) is 4.26. The van der Waals surface area contributed by atoms with Gasteiger partial charge in [0.25, 0.3) is 0 Å². The van der Waals surface area contributed by atoms with Crippen LogP contribution >= 0.6 is 23.2 Å². The number of rotatable bonds is 5. The number of carbonyl (C=O) groups excluding carboxylic acids is 1. The minimum absolute atomic E-state index is 0.0442. The van der Waals surface area contributed by atoms with E-state index in [0.29, 0.717) is 5.39 Å². The summed E-state index contributed by atoms with van der Waals surface area (Å²) < 4.78 is 24.6. The van der Waals surface area contributed by atoms with Gasteiger partial charge in [0.05, 0.1) is 16.4 Å². The second-order valence-electron chi connectivity index (χ2n) is 5.22. The molecule has 3 rings (SSSR count). The highest BCUT2D eigenvalue weighted by molar-refractivity contribution is 6.41. The maximum Gasteiger partial charge on any atom is 0.189 e. The molecule has 1 heterocycles. The number of hydrogen-bond acceptors (Lipinski definition) is 5. The van der Waals surface area contributed by atoms with Crippen LogP contribution < -0.4 is 9.84 Å². The molecule has 5 nitrogen and oxygen atoms in total. The molecule has 0 aliphatic carbocycles. The summed E-state index contributed by atoms with van der Waals surface area (Å²) in [7, 11) is 0. The molecule has 25 heavy (non-hydrogen) atoms. The van der Waals surface area contributed by atoms with Gasteiger partial charge in [0.1, 0.15) is 22.6 Å². The fourth-order valence-electron chi connectivity index (χ4n) is 2.39. The smallest absolute Gasteiger partial charge is 0.189 e. The van der Waals surface area contributed by atoms with E-state index in [9.17, 15) is 14.3 Å². The van der Waals surface area contributed by atoms with Gasteiger partial charge in [0, 0.05) is 5.56 Å². The summed E-state index contributed by atoms with van der Waals surface area (Å²) in [5.74, 6) is -1.92. The number of aromatic nitrogens is 1. The minimum atomic E-state index is -1.39. The van der Waals surface area contributed by atoms with Crippen molar-refractivity contribution in [1.29, 1.82) is 0 Å². The van der Waals surface area contributed by atoms with E-state index in [2.05, 4.69) is 5.16 Å². The van der Waals surface area contributed by atoms with Gasteiger partial charge in [0.2, 0.25) is 0 Å². The van der Waals surface area contributed by atoms with Crippen molar-refractivity contribution >= 4 is 40.1 Å². The monoisotopic (exact) mass is 382 g/mol. The first-order valence-corrected chi connectivity index (χ1v) is 8.09. The van der Waals surface area contributed by atoms with Crippen LogP contribution in [0.4, 0.5) is 4.39 Å². The summed E-state index contributed by atoms with van der Waals surface area (Å²) in [5, 5.41) is 15.3. The van der Waals surface area contributed by atoms with E-state index in [-0.39, 0.29) is 39.1 Å². The molecule has 1 aromatic heterocycles. The molecular formula is C17H11Cl2FNO4-. The number of fused-ring (bicyclic) bond motifs is 1. The van der Waals surface area contributed by atoms with Gasteiger partial charge in [0.15, 0.2) is 11.3 Å². The van der Waals surface area contributed by atoms with Crippen LogP contribution in [0.1, 0.15) is 13.3 Å². The molecule has 0 bridgehead atoms. The number of halogens is 3. The van der Waals surface area contributed by atoms with Gasteiger partial charge in [-0.05, 0) is 24.6 Å². The van der Waals surface area contributed by atoms with E-state index in [0.717, 1.165) is 0 Å². The van der Waals surface area contributed by atoms with Crippen LogP contribution in [0.3, 0.4) is 0 Å². The molecule has 2 aromatic carbocycles. The highest BCUT2D eigenvalue weighted by Gasteiger charge is 2.23. The Labute approximate surface area is 151 Å². The molecule has 0 amide bonds. The van der Waals surface area contributed by atoms with Crippen molar-refractivity contribution < 1.29 is 23.6 Å². The molecule has 3 aromatic rings. The molecule has 8 heteroatoms. The van der Waals surface area contributed by atoms with Gasteiger partial charge >= 0.3 is 0 Å². The zero-order valence-electron chi connectivity index (χ0n) is 12.9. The molecule has 0 saturated heterocycles. The van der Waals surface area contributed by atoms with E-state index >= 15 is 0 Å². The number of carboxylic acid groups (broad SMARTS) is 1. The topological polar surface area (TPSA) is 75.4 Å². The number of hydrogen-bond donors (Lipinski definition) is 0. The van der Waals surface area contributed by atoms with Crippen molar-refractivity contribution in [2.45, 2.75) is 19.4 Å². The van der Waals surface area contributed by atoms with Gasteiger partial charge in [-0.3, -0.25) is 0 Å². The quantitative estimate of drug-likeness (QED) is 0.669. The van der Waals surface area contributed by atoms with Crippen LogP contribution in [0, 0.1) is 5.82 Å². The number of aliphatic carboxylic acids is 1. The predicted octanol–water partition coefficient (Wildman–Crippen LogP) is 3.85. The first-order chi connectivity index (χ1) is 11.9. The SMILES string of the molecule is CCC(Oc1c(Cl)cc2c(-c3ccccc3F)noc2c1Cl)C(=O)[O-]. The van der Waals surface area contributed by atoms with Crippen LogP contribution in [0.15, 0.2) is 34.9 Å². The van der Waals surface area contributed by atoms with Crippen molar-refractivity contribution in [3.05, 3.63) is 46.2 Å². The lowest BCUT2D eigenvalue weighted by Gasteiger charge is -2.19. The zero-order chi connectivity index (χ0) is 18.1.